The van der Waals surface area contributed by atoms with Crippen LogP contribution < -0.4 is 5.32 Å². The number of amides is 1. The van der Waals surface area contributed by atoms with Gasteiger partial charge in [-0.15, -0.1) is 0 Å². The van der Waals surface area contributed by atoms with Gasteiger partial charge < -0.3 is 10.2 Å². The van der Waals surface area contributed by atoms with Crippen molar-refractivity contribution in [3.05, 3.63) is 5.82 Å². The van der Waals surface area contributed by atoms with Crippen LogP contribution in [0.15, 0.2) is 0 Å². The van der Waals surface area contributed by atoms with Crippen LogP contribution in [-0.2, 0) is 11.3 Å². The molecule has 2 aliphatic heterocycles. The normalized spacial score (nSPS) is 26.5. The van der Waals surface area contributed by atoms with E-state index < -0.39 is 0 Å². The third-order valence-electron chi connectivity index (χ3n) is 6.40. The molecule has 3 atom stereocenters. The van der Waals surface area contributed by atoms with Gasteiger partial charge in [0.05, 0.1) is 6.54 Å². The molecular formula is C22H40N6OS. The molecule has 3 unspecified atom stereocenters. The SMILES string of the molecule is CC1CN(C(=O)C(C)(C)C)C(C)CN1Cc1nsc(NCC2CCCN2C(C)C)n1. The summed E-state index contributed by atoms with van der Waals surface area (Å²) in [5.74, 6) is 1.12. The summed E-state index contributed by atoms with van der Waals surface area (Å²) in [5.41, 5.74) is -0.336. The molecule has 1 aromatic heterocycles. The lowest BCUT2D eigenvalue weighted by molar-refractivity contribution is -0.145. The largest absolute Gasteiger partial charge is 0.359 e. The predicted molar refractivity (Wildman–Crippen MR) is 124 cm³/mol. The molecule has 0 radical (unpaired) electrons. The number of rotatable bonds is 6. The minimum absolute atomic E-state index is 0.202. The first-order chi connectivity index (χ1) is 14.1. The molecule has 7 nitrogen and oxygen atoms in total. The fourth-order valence-corrected chi connectivity index (χ4v) is 5.25. The van der Waals surface area contributed by atoms with E-state index in [1.807, 2.05) is 25.7 Å². The molecule has 8 heteroatoms. The second-order valence-electron chi connectivity index (χ2n) is 10.4. The first-order valence-electron chi connectivity index (χ1n) is 11.4. The number of piperazine rings is 1. The maximum Gasteiger partial charge on any atom is 0.228 e. The van der Waals surface area contributed by atoms with Crippen molar-refractivity contribution < 1.29 is 4.79 Å². The van der Waals surface area contributed by atoms with Crippen molar-refractivity contribution in [3.8, 4) is 0 Å². The molecule has 0 bridgehead atoms. The third-order valence-corrected chi connectivity index (χ3v) is 7.12. The van der Waals surface area contributed by atoms with Crippen LogP contribution in [0.5, 0.6) is 0 Å². The zero-order chi connectivity index (χ0) is 22.1. The molecule has 2 fully saturated rings. The molecule has 170 valence electrons. The average Bonchev–Trinajstić information content (AvgIpc) is 3.30. The predicted octanol–water partition coefficient (Wildman–Crippen LogP) is 3.29. The Labute approximate surface area is 186 Å². The molecule has 2 aliphatic rings. The average molecular weight is 437 g/mol. The van der Waals surface area contributed by atoms with Crippen LogP contribution >= 0.6 is 11.5 Å². The lowest BCUT2D eigenvalue weighted by Crippen LogP contribution is -2.59. The summed E-state index contributed by atoms with van der Waals surface area (Å²) >= 11 is 1.46. The van der Waals surface area contributed by atoms with Crippen molar-refractivity contribution in [1.82, 2.24) is 24.1 Å². The van der Waals surface area contributed by atoms with E-state index in [2.05, 4.69) is 47.2 Å². The highest BCUT2D eigenvalue weighted by Crippen LogP contribution is 2.25. The van der Waals surface area contributed by atoms with E-state index in [0.29, 0.717) is 18.1 Å². The van der Waals surface area contributed by atoms with Gasteiger partial charge in [-0.1, -0.05) is 20.8 Å². The van der Waals surface area contributed by atoms with E-state index in [4.69, 9.17) is 4.98 Å². The molecule has 2 saturated heterocycles. The summed E-state index contributed by atoms with van der Waals surface area (Å²) in [5, 5.41) is 4.44. The lowest BCUT2D eigenvalue weighted by atomic mass is 9.92. The number of nitrogens with one attached hydrogen (secondary N) is 1. The van der Waals surface area contributed by atoms with Crippen LogP contribution in [0.4, 0.5) is 5.13 Å². The fourth-order valence-electron chi connectivity index (χ4n) is 4.67. The van der Waals surface area contributed by atoms with Gasteiger partial charge in [-0.25, -0.2) is 4.98 Å². The van der Waals surface area contributed by atoms with Gasteiger partial charge in [-0.05, 0) is 47.1 Å². The maximum absolute atomic E-state index is 12.8. The number of likely N-dealkylation sites (tertiary alicyclic amines) is 1. The highest BCUT2D eigenvalue weighted by molar-refractivity contribution is 7.09. The Bertz CT molecular complexity index is 715. The van der Waals surface area contributed by atoms with Gasteiger partial charge in [0.15, 0.2) is 5.82 Å². The molecule has 30 heavy (non-hydrogen) atoms. The topological polar surface area (TPSA) is 64.6 Å². The highest BCUT2D eigenvalue weighted by Gasteiger charge is 2.36. The van der Waals surface area contributed by atoms with Gasteiger partial charge in [0.2, 0.25) is 11.0 Å². The molecule has 3 heterocycles. The summed E-state index contributed by atoms with van der Waals surface area (Å²) in [6.07, 6.45) is 2.54. The van der Waals surface area contributed by atoms with E-state index in [1.54, 1.807) is 0 Å². The van der Waals surface area contributed by atoms with Gasteiger partial charge in [0.1, 0.15) is 0 Å². The van der Waals surface area contributed by atoms with Crippen molar-refractivity contribution in [2.45, 2.75) is 92.0 Å². The summed E-state index contributed by atoms with van der Waals surface area (Å²) in [6.45, 7) is 19.4. The van der Waals surface area contributed by atoms with Gasteiger partial charge in [0.25, 0.3) is 0 Å². The van der Waals surface area contributed by atoms with Crippen molar-refractivity contribution >= 4 is 22.6 Å². The summed E-state index contributed by atoms with van der Waals surface area (Å²) < 4.78 is 4.59. The number of hydrogen-bond donors (Lipinski definition) is 1. The Morgan fingerprint density at radius 2 is 1.97 bits per heavy atom. The Morgan fingerprint density at radius 3 is 2.63 bits per heavy atom. The Morgan fingerprint density at radius 1 is 1.23 bits per heavy atom. The zero-order valence-electron chi connectivity index (χ0n) is 19.8. The van der Waals surface area contributed by atoms with Gasteiger partial charge in [-0.3, -0.25) is 14.6 Å². The standard InChI is InChI=1S/C22H40N6OS/c1-15(2)27-10-8-9-18(27)11-23-21-24-19(25-30-21)14-26-12-17(4)28(13-16(26)3)20(29)22(5,6)7/h15-18H,8-14H2,1-7H3,(H,23,24,25). The first kappa shape index (κ1) is 23.4. The van der Waals surface area contributed by atoms with Crippen LogP contribution in [-0.4, -0.2) is 80.3 Å². The van der Waals surface area contributed by atoms with Crippen LogP contribution in [0.1, 0.15) is 67.1 Å². The van der Waals surface area contributed by atoms with Gasteiger partial charge in [-0.2, -0.15) is 4.37 Å². The lowest BCUT2D eigenvalue weighted by Gasteiger charge is -2.45. The van der Waals surface area contributed by atoms with E-state index in [9.17, 15) is 4.79 Å². The molecule has 1 N–H and O–H groups in total. The van der Waals surface area contributed by atoms with Crippen molar-refractivity contribution in [1.29, 1.82) is 0 Å². The van der Waals surface area contributed by atoms with E-state index in [-0.39, 0.29) is 17.4 Å². The second kappa shape index (κ2) is 9.49. The van der Waals surface area contributed by atoms with Crippen LogP contribution in [0.25, 0.3) is 0 Å². The van der Waals surface area contributed by atoms with Crippen molar-refractivity contribution in [2.24, 2.45) is 5.41 Å². The number of carbonyl (C=O) groups is 1. The van der Waals surface area contributed by atoms with E-state index >= 15 is 0 Å². The quantitative estimate of drug-likeness (QED) is 0.738. The second-order valence-corrected chi connectivity index (χ2v) is 11.1. The van der Waals surface area contributed by atoms with Crippen LogP contribution in [0, 0.1) is 5.41 Å². The summed E-state index contributed by atoms with van der Waals surface area (Å²) in [6, 6.07) is 1.68. The molecule has 3 rings (SSSR count). The van der Waals surface area contributed by atoms with Crippen molar-refractivity contribution in [3.63, 3.8) is 0 Å². The highest BCUT2D eigenvalue weighted by atomic mass is 32.1. The van der Waals surface area contributed by atoms with Crippen LogP contribution in [0.2, 0.25) is 0 Å². The minimum atomic E-state index is -0.336. The minimum Gasteiger partial charge on any atom is -0.359 e. The molecule has 0 aromatic carbocycles. The summed E-state index contributed by atoms with van der Waals surface area (Å²) in [4.78, 5) is 24.5. The van der Waals surface area contributed by atoms with Gasteiger partial charge in [0, 0.05) is 60.7 Å². The Hall–Kier alpha value is -1.25. The third kappa shape index (κ3) is 5.51. The van der Waals surface area contributed by atoms with Gasteiger partial charge >= 0.3 is 0 Å². The Balaban J connectivity index is 1.53. The summed E-state index contributed by atoms with van der Waals surface area (Å²) in [7, 11) is 0. The van der Waals surface area contributed by atoms with Crippen molar-refractivity contribution in [2.75, 3.05) is 31.5 Å². The smallest absolute Gasteiger partial charge is 0.228 e. The molecule has 0 aliphatic carbocycles. The molecule has 1 aromatic rings. The monoisotopic (exact) mass is 436 g/mol. The Kier molecular flexibility index (Phi) is 7.40. The number of carbonyl (C=O) groups excluding carboxylic acids is 1. The molecule has 0 saturated carbocycles. The van der Waals surface area contributed by atoms with E-state index in [1.165, 1.54) is 30.9 Å². The van der Waals surface area contributed by atoms with Crippen LogP contribution in [0.3, 0.4) is 0 Å². The number of nitrogens with zero attached hydrogens (tertiary/aromatic N) is 5. The number of anilines is 1. The van der Waals surface area contributed by atoms with E-state index in [0.717, 1.165) is 37.1 Å². The first-order valence-corrected chi connectivity index (χ1v) is 12.2. The molecule has 1 amide bonds. The maximum atomic E-state index is 12.8. The molecule has 0 spiro atoms. The number of hydrogen-bond acceptors (Lipinski definition) is 7. The zero-order valence-corrected chi connectivity index (χ0v) is 20.6. The molecular weight excluding hydrogens is 396 g/mol. The fraction of sp³-hybridized carbons (Fsp3) is 0.864. The number of aromatic nitrogens is 2.